The summed E-state index contributed by atoms with van der Waals surface area (Å²) in [6.45, 7) is 0. The average molecular weight is 255 g/mol. The summed E-state index contributed by atoms with van der Waals surface area (Å²) in [6, 6.07) is 9.14. The lowest BCUT2D eigenvalue weighted by atomic mass is 10.2. The smallest absolute Gasteiger partial charge is 0.204 e. The SMILES string of the molecule is CNc1ncnc(Nc2ccc(C#N)cc2)c1OC. The van der Waals surface area contributed by atoms with E-state index in [1.165, 1.54) is 6.33 Å². The van der Waals surface area contributed by atoms with Gasteiger partial charge >= 0.3 is 0 Å². The Kier molecular flexibility index (Phi) is 3.78. The number of nitrogens with zero attached hydrogens (tertiary/aromatic N) is 3. The molecule has 0 saturated heterocycles. The lowest BCUT2D eigenvalue weighted by Gasteiger charge is -2.12. The van der Waals surface area contributed by atoms with Gasteiger partial charge in [-0.15, -0.1) is 0 Å². The van der Waals surface area contributed by atoms with Crippen LogP contribution in [0.4, 0.5) is 17.3 Å². The molecule has 6 nitrogen and oxygen atoms in total. The first-order valence-corrected chi connectivity index (χ1v) is 5.62. The van der Waals surface area contributed by atoms with E-state index in [0.29, 0.717) is 22.9 Å². The van der Waals surface area contributed by atoms with Crippen LogP contribution >= 0.6 is 0 Å². The summed E-state index contributed by atoms with van der Waals surface area (Å²) in [6.07, 6.45) is 1.44. The Bertz CT molecular complexity index is 603. The van der Waals surface area contributed by atoms with Crippen LogP contribution in [0.15, 0.2) is 30.6 Å². The molecule has 0 saturated carbocycles. The van der Waals surface area contributed by atoms with Gasteiger partial charge in [-0.05, 0) is 24.3 Å². The summed E-state index contributed by atoms with van der Waals surface area (Å²) >= 11 is 0. The number of methoxy groups -OCH3 is 1. The molecule has 1 aromatic heterocycles. The van der Waals surface area contributed by atoms with Gasteiger partial charge in [0.1, 0.15) is 6.33 Å². The number of rotatable bonds is 4. The zero-order chi connectivity index (χ0) is 13.7. The van der Waals surface area contributed by atoms with Crippen LogP contribution in [0, 0.1) is 11.3 Å². The quantitative estimate of drug-likeness (QED) is 0.871. The van der Waals surface area contributed by atoms with Crippen molar-refractivity contribution in [2.75, 3.05) is 24.8 Å². The lowest BCUT2D eigenvalue weighted by molar-refractivity contribution is 0.415. The summed E-state index contributed by atoms with van der Waals surface area (Å²) in [5, 5.41) is 14.8. The summed E-state index contributed by atoms with van der Waals surface area (Å²) < 4.78 is 5.28. The Morgan fingerprint density at radius 3 is 2.42 bits per heavy atom. The molecule has 2 aromatic rings. The van der Waals surface area contributed by atoms with Crippen LogP contribution in [0.3, 0.4) is 0 Å². The molecule has 1 heterocycles. The van der Waals surface area contributed by atoms with Crippen molar-refractivity contribution in [1.29, 1.82) is 5.26 Å². The molecular weight excluding hydrogens is 242 g/mol. The molecular formula is C13H13N5O. The fourth-order valence-electron chi connectivity index (χ4n) is 1.60. The first-order valence-electron chi connectivity index (χ1n) is 5.62. The molecule has 2 N–H and O–H groups in total. The molecule has 0 radical (unpaired) electrons. The van der Waals surface area contributed by atoms with Crippen molar-refractivity contribution in [2.24, 2.45) is 0 Å². The molecule has 19 heavy (non-hydrogen) atoms. The highest BCUT2D eigenvalue weighted by molar-refractivity contribution is 5.69. The number of nitriles is 1. The fraction of sp³-hybridized carbons (Fsp3) is 0.154. The molecule has 6 heteroatoms. The van der Waals surface area contributed by atoms with Gasteiger partial charge in [0.2, 0.25) is 5.75 Å². The Balaban J connectivity index is 2.30. The van der Waals surface area contributed by atoms with Gasteiger partial charge in [0.05, 0.1) is 18.7 Å². The summed E-state index contributed by atoms with van der Waals surface area (Å²) in [7, 11) is 3.32. The van der Waals surface area contributed by atoms with Gasteiger partial charge in [-0.3, -0.25) is 0 Å². The van der Waals surface area contributed by atoms with Gasteiger partial charge in [-0.1, -0.05) is 0 Å². The Hall–Kier alpha value is -2.81. The number of hydrogen-bond donors (Lipinski definition) is 2. The second kappa shape index (κ2) is 5.69. The van der Waals surface area contributed by atoms with Crippen molar-refractivity contribution < 1.29 is 4.74 Å². The molecule has 2 rings (SSSR count). The third-order valence-corrected chi connectivity index (χ3v) is 2.52. The highest BCUT2D eigenvalue weighted by Crippen LogP contribution is 2.30. The Morgan fingerprint density at radius 2 is 1.84 bits per heavy atom. The van der Waals surface area contributed by atoms with Crippen molar-refractivity contribution in [3.8, 4) is 11.8 Å². The van der Waals surface area contributed by atoms with Crippen LogP contribution < -0.4 is 15.4 Å². The highest BCUT2D eigenvalue weighted by Gasteiger charge is 2.10. The molecule has 0 atom stereocenters. The number of hydrogen-bond acceptors (Lipinski definition) is 6. The molecule has 0 aliphatic heterocycles. The van der Waals surface area contributed by atoms with Crippen LogP contribution in [-0.2, 0) is 0 Å². The Morgan fingerprint density at radius 1 is 1.16 bits per heavy atom. The van der Waals surface area contributed by atoms with Gasteiger partial charge in [-0.2, -0.15) is 5.26 Å². The van der Waals surface area contributed by atoms with Crippen LogP contribution in [0.25, 0.3) is 0 Å². The summed E-state index contributed by atoms with van der Waals surface area (Å²) in [4.78, 5) is 8.21. The highest BCUT2D eigenvalue weighted by atomic mass is 16.5. The van der Waals surface area contributed by atoms with Gasteiger partial charge < -0.3 is 15.4 Å². The number of benzene rings is 1. The first-order chi connectivity index (χ1) is 9.28. The largest absolute Gasteiger partial charge is 0.490 e. The van der Waals surface area contributed by atoms with Crippen LogP contribution in [0.1, 0.15) is 5.56 Å². The average Bonchev–Trinajstić information content (AvgIpc) is 2.47. The lowest BCUT2D eigenvalue weighted by Crippen LogP contribution is -2.03. The molecule has 0 unspecified atom stereocenters. The number of anilines is 3. The number of aromatic nitrogens is 2. The second-order valence-corrected chi connectivity index (χ2v) is 3.67. The van der Waals surface area contributed by atoms with E-state index in [1.807, 2.05) is 0 Å². The molecule has 0 amide bonds. The number of ether oxygens (including phenoxy) is 1. The van der Waals surface area contributed by atoms with Gasteiger partial charge in [0, 0.05) is 12.7 Å². The second-order valence-electron chi connectivity index (χ2n) is 3.67. The molecule has 0 fully saturated rings. The van der Waals surface area contributed by atoms with E-state index in [1.54, 1.807) is 38.4 Å². The van der Waals surface area contributed by atoms with Crippen LogP contribution in [0.2, 0.25) is 0 Å². The maximum absolute atomic E-state index is 8.75. The number of nitrogens with one attached hydrogen (secondary N) is 2. The fourth-order valence-corrected chi connectivity index (χ4v) is 1.60. The summed E-state index contributed by atoms with van der Waals surface area (Å²) in [5.41, 5.74) is 1.43. The van der Waals surface area contributed by atoms with Gasteiger partial charge in [0.15, 0.2) is 11.6 Å². The summed E-state index contributed by atoms with van der Waals surface area (Å²) in [5.74, 6) is 1.70. The normalized spacial score (nSPS) is 9.53. The van der Waals surface area contributed by atoms with E-state index in [9.17, 15) is 0 Å². The third-order valence-electron chi connectivity index (χ3n) is 2.52. The monoisotopic (exact) mass is 255 g/mol. The Labute approximate surface area is 111 Å². The van der Waals surface area contributed by atoms with E-state index in [0.717, 1.165) is 5.69 Å². The van der Waals surface area contributed by atoms with Gasteiger partial charge in [0.25, 0.3) is 0 Å². The standard InChI is InChI=1S/C13H13N5O/c1-15-12-11(19-2)13(17-8-16-12)18-10-5-3-9(7-14)4-6-10/h3-6,8H,1-2H3,(H2,15,16,17,18). The zero-order valence-electron chi connectivity index (χ0n) is 10.6. The van der Waals surface area contributed by atoms with Crippen LogP contribution in [0.5, 0.6) is 5.75 Å². The predicted octanol–water partition coefficient (Wildman–Crippen LogP) is 2.14. The molecule has 0 bridgehead atoms. The maximum Gasteiger partial charge on any atom is 0.204 e. The molecule has 0 aliphatic rings. The molecule has 0 spiro atoms. The van der Waals surface area contributed by atoms with Crippen molar-refractivity contribution in [3.63, 3.8) is 0 Å². The minimum Gasteiger partial charge on any atom is -0.490 e. The third kappa shape index (κ3) is 2.72. The van der Waals surface area contributed by atoms with Gasteiger partial charge in [-0.25, -0.2) is 9.97 Å². The van der Waals surface area contributed by atoms with Crippen molar-refractivity contribution in [3.05, 3.63) is 36.2 Å². The molecule has 1 aromatic carbocycles. The van der Waals surface area contributed by atoms with E-state index >= 15 is 0 Å². The maximum atomic E-state index is 8.75. The first kappa shape index (κ1) is 12.6. The minimum absolute atomic E-state index is 0.536. The zero-order valence-corrected chi connectivity index (χ0v) is 10.6. The van der Waals surface area contributed by atoms with Crippen LogP contribution in [-0.4, -0.2) is 24.1 Å². The van der Waals surface area contributed by atoms with E-state index in [-0.39, 0.29) is 0 Å². The van der Waals surface area contributed by atoms with Crippen molar-refractivity contribution in [2.45, 2.75) is 0 Å². The van der Waals surface area contributed by atoms with E-state index in [2.05, 4.69) is 26.7 Å². The van der Waals surface area contributed by atoms with Crippen molar-refractivity contribution >= 4 is 17.3 Å². The van der Waals surface area contributed by atoms with Crippen molar-refractivity contribution in [1.82, 2.24) is 9.97 Å². The predicted molar refractivity (Wildman–Crippen MR) is 72.6 cm³/mol. The molecule has 96 valence electrons. The van der Waals surface area contributed by atoms with E-state index in [4.69, 9.17) is 10.00 Å². The van der Waals surface area contributed by atoms with E-state index < -0.39 is 0 Å². The topological polar surface area (TPSA) is 82.9 Å². The minimum atomic E-state index is 0.536. The molecule has 0 aliphatic carbocycles.